The monoisotopic (exact) mass is 307 g/mol. The van der Waals surface area contributed by atoms with Crippen LogP contribution < -0.4 is 5.32 Å². The summed E-state index contributed by atoms with van der Waals surface area (Å²) in [4.78, 5) is 23.8. The van der Waals surface area contributed by atoms with E-state index in [0.29, 0.717) is 12.8 Å². The van der Waals surface area contributed by atoms with Crippen molar-refractivity contribution in [1.82, 2.24) is 5.32 Å². The lowest BCUT2D eigenvalue weighted by Crippen LogP contribution is -2.47. The molecule has 0 radical (unpaired) electrons. The summed E-state index contributed by atoms with van der Waals surface area (Å²) in [6, 6.07) is 6.89. The van der Waals surface area contributed by atoms with E-state index in [1.807, 2.05) is 45.0 Å². The second kappa shape index (κ2) is 8.54. The number of aryl methyl sites for hydroxylation is 1. The Kier molecular flexibility index (Phi) is 7.05. The second-order valence-corrected chi connectivity index (χ2v) is 5.92. The molecule has 0 aromatic heterocycles. The number of hydrogen-bond acceptors (Lipinski definition) is 4. The van der Waals surface area contributed by atoms with Gasteiger partial charge in [-0.1, -0.05) is 43.7 Å². The molecule has 0 aliphatic carbocycles. The molecule has 0 fully saturated rings. The predicted octanol–water partition coefficient (Wildman–Crippen LogP) is 1.60. The normalized spacial score (nSPS) is 13.5. The number of benzene rings is 1. The van der Waals surface area contributed by atoms with Gasteiger partial charge < -0.3 is 15.2 Å². The largest absolute Gasteiger partial charge is 0.467 e. The van der Waals surface area contributed by atoms with Gasteiger partial charge in [0.15, 0.2) is 0 Å². The molecule has 2 atom stereocenters. The molecule has 5 nitrogen and oxygen atoms in total. The molecule has 5 heteroatoms. The summed E-state index contributed by atoms with van der Waals surface area (Å²) < 4.78 is 4.73. The summed E-state index contributed by atoms with van der Waals surface area (Å²) in [7, 11) is 1.28. The van der Waals surface area contributed by atoms with Crippen LogP contribution in [0.3, 0.4) is 0 Å². The highest BCUT2D eigenvalue weighted by molar-refractivity contribution is 5.86. The van der Waals surface area contributed by atoms with E-state index >= 15 is 0 Å². The molecule has 1 aromatic rings. The number of nitrogens with one attached hydrogen (secondary N) is 1. The van der Waals surface area contributed by atoms with Crippen molar-refractivity contribution in [2.45, 2.75) is 45.8 Å². The fourth-order valence-corrected chi connectivity index (χ4v) is 2.12. The first-order chi connectivity index (χ1) is 10.3. The Morgan fingerprint density at radius 3 is 2.32 bits per heavy atom. The number of esters is 1. The van der Waals surface area contributed by atoms with Gasteiger partial charge in [0.1, 0.15) is 12.1 Å². The lowest BCUT2D eigenvalue weighted by molar-refractivity contribution is -0.146. The molecule has 0 unspecified atom stereocenters. The molecule has 0 aliphatic heterocycles. The predicted molar refractivity (Wildman–Crippen MR) is 84.3 cm³/mol. The molecule has 0 bridgehead atoms. The van der Waals surface area contributed by atoms with Gasteiger partial charge in [-0.2, -0.15) is 0 Å². The highest BCUT2D eigenvalue weighted by Gasteiger charge is 2.25. The summed E-state index contributed by atoms with van der Waals surface area (Å²) in [6.45, 7) is 5.81. The smallest absolute Gasteiger partial charge is 0.328 e. The van der Waals surface area contributed by atoms with Crippen LogP contribution in [0.5, 0.6) is 0 Å². The molecule has 2 N–H and O–H groups in total. The number of methoxy groups -OCH3 is 1. The molecule has 1 rings (SSSR count). The first-order valence-corrected chi connectivity index (χ1v) is 7.45. The number of amides is 1. The molecule has 0 saturated carbocycles. The van der Waals surface area contributed by atoms with Crippen molar-refractivity contribution in [1.29, 1.82) is 0 Å². The van der Waals surface area contributed by atoms with Crippen molar-refractivity contribution < 1.29 is 19.4 Å². The third-order valence-corrected chi connectivity index (χ3v) is 3.36. The van der Waals surface area contributed by atoms with Crippen LogP contribution in [0.25, 0.3) is 0 Å². The van der Waals surface area contributed by atoms with Crippen LogP contribution in [0.4, 0.5) is 0 Å². The van der Waals surface area contributed by atoms with E-state index in [-0.39, 0.29) is 5.92 Å². The van der Waals surface area contributed by atoms with Crippen molar-refractivity contribution in [3.63, 3.8) is 0 Å². The van der Waals surface area contributed by atoms with Crippen LogP contribution in [-0.2, 0) is 20.7 Å². The molecule has 1 aromatic carbocycles. The fourth-order valence-electron chi connectivity index (χ4n) is 2.12. The number of ether oxygens (including phenoxy) is 1. The lowest BCUT2D eigenvalue weighted by Gasteiger charge is -2.19. The zero-order valence-corrected chi connectivity index (χ0v) is 13.6. The van der Waals surface area contributed by atoms with E-state index in [4.69, 9.17) is 4.74 Å². The van der Waals surface area contributed by atoms with E-state index in [2.05, 4.69) is 5.32 Å². The van der Waals surface area contributed by atoms with Gasteiger partial charge in [0.05, 0.1) is 7.11 Å². The van der Waals surface area contributed by atoms with Gasteiger partial charge >= 0.3 is 5.97 Å². The van der Waals surface area contributed by atoms with Gasteiger partial charge in [0, 0.05) is 6.42 Å². The topological polar surface area (TPSA) is 75.6 Å². The average molecular weight is 307 g/mol. The number of carbonyl (C=O) groups excluding carboxylic acids is 2. The van der Waals surface area contributed by atoms with Crippen molar-refractivity contribution in [2.24, 2.45) is 5.92 Å². The molecule has 122 valence electrons. The maximum atomic E-state index is 12.0. The van der Waals surface area contributed by atoms with Crippen LogP contribution >= 0.6 is 0 Å². The van der Waals surface area contributed by atoms with E-state index < -0.39 is 24.0 Å². The van der Waals surface area contributed by atoms with Gasteiger partial charge in [0.2, 0.25) is 5.91 Å². The Hall–Kier alpha value is -1.88. The Morgan fingerprint density at radius 2 is 1.82 bits per heavy atom. The van der Waals surface area contributed by atoms with Crippen LogP contribution in [0.15, 0.2) is 24.3 Å². The van der Waals surface area contributed by atoms with E-state index in [1.54, 1.807) is 0 Å². The molecule has 22 heavy (non-hydrogen) atoms. The van der Waals surface area contributed by atoms with Crippen LogP contribution in [0.2, 0.25) is 0 Å². The van der Waals surface area contributed by atoms with Gasteiger partial charge in [0.25, 0.3) is 0 Å². The molecule has 0 saturated heterocycles. The second-order valence-electron chi connectivity index (χ2n) is 5.92. The maximum Gasteiger partial charge on any atom is 0.328 e. The summed E-state index contributed by atoms with van der Waals surface area (Å²) in [5, 5.41) is 12.4. The Morgan fingerprint density at radius 1 is 1.23 bits per heavy atom. The zero-order chi connectivity index (χ0) is 16.7. The first kappa shape index (κ1) is 18.2. The van der Waals surface area contributed by atoms with Gasteiger partial charge in [-0.25, -0.2) is 4.79 Å². The summed E-state index contributed by atoms with van der Waals surface area (Å²) in [6.07, 6.45) is -0.442. The number of rotatable bonds is 7. The Bertz CT molecular complexity index is 496. The summed E-state index contributed by atoms with van der Waals surface area (Å²) in [5.74, 6) is -0.878. The molecule has 1 amide bonds. The Labute approximate surface area is 131 Å². The van der Waals surface area contributed by atoms with Crippen LogP contribution in [0.1, 0.15) is 31.4 Å². The van der Waals surface area contributed by atoms with Crippen molar-refractivity contribution in [3.05, 3.63) is 35.4 Å². The van der Waals surface area contributed by atoms with Crippen molar-refractivity contribution in [3.8, 4) is 0 Å². The summed E-state index contributed by atoms with van der Waals surface area (Å²) in [5.41, 5.74) is 2.04. The summed E-state index contributed by atoms with van der Waals surface area (Å²) >= 11 is 0. The Balaban J connectivity index is 2.74. The molecular formula is C17H25NO4. The minimum atomic E-state index is -1.12. The van der Waals surface area contributed by atoms with Crippen molar-refractivity contribution >= 4 is 11.9 Å². The van der Waals surface area contributed by atoms with Crippen molar-refractivity contribution in [2.75, 3.05) is 7.11 Å². The zero-order valence-electron chi connectivity index (χ0n) is 13.6. The van der Waals surface area contributed by atoms with Gasteiger partial charge in [-0.05, 0) is 24.8 Å². The molecule has 0 spiro atoms. The minimum absolute atomic E-state index is 0.189. The number of carbonyl (C=O) groups is 2. The van der Waals surface area contributed by atoms with E-state index in [9.17, 15) is 14.7 Å². The van der Waals surface area contributed by atoms with Gasteiger partial charge in [-0.3, -0.25) is 4.79 Å². The number of aliphatic hydroxyl groups excluding tert-OH is 1. The van der Waals surface area contributed by atoms with E-state index in [1.165, 1.54) is 7.11 Å². The molecule has 0 heterocycles. The van der Waals surface area contributed by atoms with E-state index in [0.717, 1.165) is 11.1 Å². The number of aliphatic hydroxyl groups is 1. The fraction of sp³-hybridized carbons (Fsp3) is 0.529. The van der Waals surface area contributed by atoms with Gasteiger partial charge in [-0.15, -0.1) is 0 Å². The lowest BCUT2D eigenvalue weighted by atomic mass is 10.0. The third-order valence-electron chi connectivity index (χ3n) is 3.36. The molecular weight excluding hydrogens is 282 g/mol. The third kappa shape index (κ3) is 5.85. The standard InChI is InChI=1S/C17H25NO4/c1-11(2)9-15(19)16(20)18-14(17(21)22-4)10-13-7-5-12(3)6-8-13/h5-8,11,14-15,19H,9-10H2,1-4H3,(H,18,20)/t14-,15-/m0/s1. The highest BCUT2D eigenvalue weighted by Crippen LogP contribution is 2.09. The SMILES string of the molecule is COC(=O)[C@H](Cc1ccc(C)cc1)NC(=O)[C@@H](O)CC(C)C. The van der Waals surface area contributed by atoms with Crippen LogP contribution in [0, 0.1) is 12.8 Å². The first-order valence-electron chi connectivity index (χ1n) is 7.45. The van der Waals surface area contributed by atoms with Crippen LogP contribution in [-0.4, -0.2) is 36.2 Å². The maximum absolute atomic E-state index is 12.0. The average Bonchev–Trinajstić information content (AvgIpc) is 2.47. The highest BCUT2D eigenvalue weighted by atomic mass is 16.5. The molecule has 0 aliphatic rings. The number of hydrogen-bond donors (Lipinski definition) is 2. The quantitative estimate of drug-likeness (QED) is 0.750. The minimum Gasteiger partial charge on any atom is -0.467 e.